The van der Waals surface area contributed by atoms with Crippen molar-refractivity contribution in [2.24, 2.45) is 11.8 Å². The minimum absolute atomic E-state index is 0.687. The maximum absolute atomic E-state index is 2.53. The van der Waals surface area contributed by atoms with E-state index in [9.17, 15) is 0 Å². The predicted molar refractivity (Wildman–Crippen MR) is 60.0 cm³/mol. The van der Waals surface area contributed by atoms with Crippen LogP contribution in [0.3, 0.4) is 0 Å². The summed E-state index contributed by atoms with van der Waals surface area (Å²) < 4.78 is 0. The zero-order valence-corrected chi connectivity index (χ0v) is 8.71. The monoisotopic (exact) mass is 186 g/mol. The SMILES string of the molecule is C1=CC2C=C(C3CCCCC3)CC2=C1. The summed E-state index contributed by atoms with van der Waals surface area (Å²) in [5.41, 5.74) is 3.40. The molecule has 0 spiro atoms. The fraction of sp³-hybridized carbons (Fsp3) is 0.571. The van der Waals surface area contributed by atoms with Crippen LogP contribution in [0.5, 0.6) is 0 Å². The van der Waals surface area contributed by atoms with Crippen molar-refractivity contribution in [2.75, 3.05) is 0 Å². The lowest BCUT2D eigenvalue weighted by Gasteiger charge is -2.22. The van der Waals surface area contributed by atoms with Crippen LogP contribution in [0.4, 0.5) is 0 Å². The third-order valence-electron chi connectivity index (χ3n) is 3.99. The van der Waals surface area contributed by atoms with Gasteiger partial charge in [0.15, 0.2) is 0 Å². The number of rotatable bonds is 1. The fourth-order valence-electron chi connectivity index (χ4n) is 3.15. The Bertz CT molecular complexity index is 311. The predicted octanol–water partition coefficient (Wildman–Crippen LogP) is 4.01. The maximum atomic E-state index is 2.53. The molecule has 0 bridgehead atoms. The highest BCUT2D eigenvalue weighted by Crippen LogP contribution is 2.41. The van der Waals surface area contributed by atoms with Crippen molar-refractivity contribution in [1.29, 1.82) is 0 Å². The van der Waals surface area contributed by atoms with E-state index in [-0.39, 0.29) is 0 Å². The molecule has 3 aliphatic rings. The minimum atomic E-state index is 0.687. The van der Waals surface area contributed by atoms with Crippen molar-refractivity contribution < 1.29 is 0 Å². The van der Waals surface area contributed by atoms with Gasteiger partial charge < -0.3 is 0 Å². The molecule has 0 heterocycles. The van der Waals surface area contributed by atoms with E-state index in [2.05, 4.69) is 24.3 Å². The molecule has 3 aliphatic carbocycles. The number of hydrogen-bond acceptors (Lipinski definition) is 0. The second-order valence-corrected chi connectivity index (χ2v) is 4.91. The third kappa shape index (κ3) is 1.37. The van der Waals surface area contributed by atoms with Gasteiger partial charge in [-0.1, -0.05) is 54.7 Å². The van der Waals surface area contributed by atoms with Crippen LogP contribution in [0.2, 0.25) is 0 Å². The van der Waals surface area contributed by atoms with Gasteiger partial charge in [-0.05, 0) is 25.2 Å². The number of allylic oxidation sites excluding steroid dienone is 6. The molecule has 74 valence electrons. The summed E-state index contributed by atoms with van der Waals surface area (Å²) >= 11 is 0. The third-order valence-corrected chi connectivity index (χ3v) is 3.99. The summed E-state index contributed by atoms with van der Waals surface area (Å²) in [5.74, 6) is 1.62. The summed E-state index contributed by atoms with van der Waals surface area (Å²) in [4.78, 5) is 0. The van der Waals surface area contributed by atoms with Crippen molar-refractivity contribution in [3.8, 4) is 0 Å². The second-order valence-electron chi connectivity index (χ2n) is 4.91. The first-order valence-electron chi connectivity index (χ1n) is 6.01. The fourth-order valence-corrected chi connectivity index (χ4v) is 3.15. The highest BCUT2D eigenvalue weighted by molar-refractivity contribution is 5.41. The van der Waals surface area contributed by atoms with E-state index < -0.39 is 0 Å². The van der Waals surface area contributed by atoms with Gasteiger partial charge in [-0.25, -0.2) is 0 Å². The largest absolute Gasteiger partial charge is 0.0737 e. The summed E-state index contributed by atoms with van der Waals surface area (Å²) in [6.07, 6.45) is 18.0. The summed E-state index contributed by atoms with van der Waals surface area (Å²) in [6, 6.07) is 0. The average Bonchev–Trinajstić information content (AvgIpc) is 2.78. The summed E-state index contributed by atoms with van der Waals surface area (Å²) in [7, 11) is 0. The van der Waals surface area contributed by atoms with Crippen LogP contribution in [0.1, 0.15) is 38.5 Å². The molecule has 0 amide bonds. The molecule has 1 saturated carbocycles. The van der Waals surface area contributed by atoms with Crippen LogP contribution < -0.4 is 0 Å². The number of hydrogen-bond donors (Lipinski definition) is 0. The van der Waals surface area contributed by atoms with Gasteiger partial charge in [0, 0.05) is 5.92 Å². The molecule has 0 aromatic rings. The summed E-state index contributed by atoms with van der Waals surface area (Å²) in [6.45, 7) is 0. The first kappa shape index (κ1) is 8.52. The van der Waals surface area contributed by atoms with Gasteiger partial charge in [0.2, 0.25) is 0 Å². The average molecular weight is 186 g/mol. The van der Waals surface area contributed by atoms with Crippen molar-refractivity contribution in [2.45, 2.75) is 38.5 Å². The topological polar surface area (TPSA) is 0 Å². The smallest absolute Gasteiger partial charge is 0.0169 e. The van der Waals surface area contributed by atoms with Gasteiger partial charge in [-0.3, -0.25) is 0 Å². The lowest BCUT2D eigenvalue weighted by Crippen LogP contribution is -2.07. The Morgan fingerprint density at radius 1 is 1.00 bits per heavy atom. The minimum Gasteiger partial charge on any atom is -0.0737 e. The molecule has 0 aliphatic heterocycles. The lowest BCUT2D eigenvalue weighted by atomic mass is 9.83. The van der Waals surface area contributed by atoms with Crippen molar-refractivity contribution in [1.82, 2.24) is 0 Å². The van der Waals surface area contributed by atoms with Crippen LogP contribution in [0, 0.1) is 11.8 Å². The first-order chi connectivity index (χ1) is 6.93. The van der Waals surface area contributed by atoms with E-state index in [1.54, 1.807) is 11.1 Å². The van der Waals surface area contributed by atoms with Gasteiger partial charge in [0.1, 0.15) is 0 Å². The zero-order chi connectivity index (χ0) is 9.38. The molecule has 0 heteroatoms. The Balaban J connectivity index is 1.74. The Kier molecular flexibility index (Phi) is 2.08. The van der Waals surface area contributed by atoms with E-state index >= 15 is 0 Å². The standard InChI is InChI=1S/C14H18/c1-2-5-11(6-3-1)14-9-12-7-4-8-13(12)10-14/h4,7-9,11-12H,1-3,5-6,10H2. The van der Waals surface area contributed by atoms with Gasteiger partial charge >= 0.3 is 0 Å². The molecular formula is C14H18. The Hall–Kier alpha value is -0.780. The molecule has 0 N–H and O–H groups in total. The second kappa shape index (κ2) is 3.42. The molecule has 3 rings (SSSR count). The number of fused-ring (bicyclic) bond motifs is 1. The van der Waals surface area contributed by atoms with Crippen LogP contribution in [0.25, 0.3) is 0 Å². The molecule has 1 unspecified atom stereocenters. The Morgan fingerprint density at radius 2 is 1.86 bits per heavy atom. The Morgan fingerprint density at radius 3 is 2.64 bits per heavy atom. The molecular weight excluding hydrogens is 168 g/mol. The normalized spacial score (nSPS) is 31.6. The lowest BCUT2D eigenvalue weighted by molar-refractivity contribution is 0.400. The molecule has 0 nitrogen and oxygen atoms in total. The van der Waals surface area contributed by atoms with Gasteiger partial charge in [0.25, 0.3) is 0 Å². The van der Waals surface area contributed by atoms with Crippen LogP contribution >= 0.6 is 0 Å². The van der Waals surface area contributed by atoms with Crippen LogP contribution in [-0.2, 0) is 0 Å². The quantitative estimate of drug-likeness (QED) is 0.543. The van der Waals surface area contributed by atoms with Gasteiger partial charge in [-0.15, -0.1) is 0 Å². The molecule has 0 radical (unpaired) electrons. The Labute approximate surface area is 86.4 Å². The molecule has 0 saturated heterocycles. The van der Waals surface area contributed by atoms with Gasteiger partial charge in [0.05, 0.1) is 0 Å². The van der Waals surface area contributed by atoms with E-state index in [1.807, 2.05) is 0 Å². The molecule has 0 aromatic heterocycles. The molecule has 14 heavy (non-hydrogen) atoms. The first-order valence-corrected chi connectivity index (χ1v) is 6.01. The zero-order valence-electron chi connectivity index (χ0n) is 8.71. The van der Waals surface area contributed by atoms with Crippen molar-refractivity contribution in [3.63, 3.8) is 0 Å². The van der Waals surface area contributed by atoms with E-state index in [4.69, 9.17) is 0 Å². The maximum Gasteiger partial charge on any atom is 0.0169 e. The van der Waals surface area contributed by atoms with Crippen molar-refractivity contribution in [3.05, 3.63) is 35.5 Å². The van der Waals surface area contributed by atoms with E-state index in [0.717, 1.165) is 5.92 Å². The molecule has 1 atom stereocenters. The van der Waals surface area contributed by atoms with Crippen molar-refractivity contribution >= 4 is 0 Å². The highest BCUT2D eigenvalue weighted by Gasteiger charge is 2.26. The van der Waals surface area contributed by atoms with Crippen LogP contribution in [0.15, 0.2) is 35.5 Å². The van der Waals surface area contributed by atoms with E-state index in [0.29, 0.717) is 5.92 Å². The molecule has 1 fully saturated rings. The highest BCUT2D eigenvalue weighted by atomic mass is 14.3. The summed E-state index contributed by atoms with van der Waals surface area (Å²) in [5, 5.41) is 0. The molecule has 0 aromatic carbocycles. The van der Waals surface area contributed by atoms with Crippen LogP contribution in [-0.4, -0.2) is 0 Å². The van der Waals surface area contributed by atoms with E-state index in [1.165, 1.54) is 38.5 Å². The van der Waals surface area contributed by atoms with Gasteiger partial charge in [-0.2, -0.15) is 0 Å².